The molecule has 4 heteroatoms. The summed E-state index contributed by atoms with van der Waals surface area (Å²) in [5, 5.41) is 1.02. The number of nitrogens with one attached hydrogen (secondary N) is 2. The van der Waals surface area contributed by atoms with E-state index in [1.165, 1.54) is 0 Å². The van der Waals surface area contributed by atoms with Crippen LogP contribution in [0.4, 0.5) is 0 Å². The van der Waals surface area contributed by atoms with Crippen molar-refractivity contribution in [2.45, 2.75) is 6.92 Å². The van der Waals surface area contributed by atoms with Gasteiger partial charge >= 0.3 is 0 Å². The molecule has 0 radical (unpaired) electrons. The SMILES string of the molecule is Cc1c(-c2cnc[nH]2)c2ccccc2[nH]c1=O. The van der Waals surface area contributed by atoms with Crippen LogP contribution in [0.2, 0.25) is 0 Å². The van der Waals surface area contributed by atoms with Gasteiger partial charge in [-0.25, -0.2) is 4.98 Å². The van der Waals surface area contributed by atoms with Gasteiger partial charge in [0.05, 0.1) is 18.2 Å². The summed E-state index contributed by atoms with van der Waals surface area (Å²) in [5.41, 5.74) is 3.26. The number of hydrogen-bond acceptors (Lipinski definition) is 2. The number of imidazole rings is 1. The monoisotopic (exact) mass is 225 g/mol. The van der Waals surface area contributed by atoms with E-state index in [1.807, 2.05) is 31.2 Å². The van der Waals surface area contributed by atoms with Gasteiger partial charge in [-0.2, -0.15) is 0 Å². The van der Waals surface area contributed by atoms with Crippen molar-refractivity contribution in [1.29, 1.82) is 0 Å². The van der Waals surface area contributed by atoms with Gasteiger partial charge in [-0.1, -0.05) is 18.2 Å². The smallest absolute Gasteiger partial charge is 0.252 e. The van der Waals surface area contributed by atoms with Gasteiger partial charge in [0.2, 0.25) is 0 Å². The Morgan fingerprint density at radius 3 is 2.82 bits per heavy atom. The Morgan fingerprint density at radius 2 is 2.06 bits per heavy atom. The maximum absolute atomic E-state index is 11.9. The zero-order valence-electron chi connectivity index (χ0n) is 9.32. The molecule has 0 aliphatic heterocycles. The molecule has 84 valence electrons. The number of nitrogens with zero attached hydrogens (tertiary/aromatic N) is 1. The highest BCUT2D eigenvalue weighted by Gasteiger charge is 2.11. The maximum atomic E-state index is 11.9. The molecule has 0 aliphatic rings. The van der Waals surface area contributed by atoms with Crippen LogP contribution in [0.1, 0.15) is 5.56 Å². The highest BCUT2D eigenvalue weighted by Crippen LogP contribution is 2.26. The molecule has 0 saturated heterocycles. The Bertz CT molecular complexity index is 726. The minimum absolute atomic E-state index is 0.0618. The molecule has 2 aromatic heterocycles. The first-order chi connectivity index (χ1) is 8.27. The van der Waals surface area contributed by atoms with Crippen molar-refractivity contribution >= 4 is 10.9 Å². The second-order valence-electron chi connectivity index (χ2n) is 3.96. The van der Waals surface area contributed by atoms with Crippen LogP contribution < -0.4 is 5.56 Å². The van der Waals surface area contributed by atoms with Gasteiger partial charge in [0.15, 0.2) is 0 Å². The molecule has 3 rings (SSSR count). The van der Waals surface area contributed by atoms with E-state index in [9.17, 15) is 4.79 Å². The summed E-state index contributed by atoms with van der Waals surface area (Å²) in [5.74, 6) is 0. The number of fused-ring (bicyclic) bond motifs is 1. The largest absolute Gasteiger partial charge is 0.345 e. The zero-order chi connectivity index (χ0) is 11.8. The molecular formula is C13H11N3O. The van der Waals surface area contributed by atoms with Crippen LogP contribution in [-0.2, 0) is 0 Å². The lowest BCUT2D eigenvalue weighted by Crippen LogP contribution is -2.11. The minimum Gasteiger partial charge on any atom is -0.345 e. The van der Waals surface area contributed by atoms with Gasteiger partial charge in [0.25, 0.3) is 5.56 Å². The third-order valence-corrected chi connectivity index (χ3v) is 2.93. The summed E-state index contributed by atoms with van der Waals surface area (Å²) in [6.07, 6.45) is 3.35. The molecule has 0 saturated carbocycles. The first-order valence-electron chi connectivity index (χ1n) is 5.38. The Balaban J connectivity index is 2.50. The predicted molar refractivity (Wildman–Crippen MR) is 66.9 cm³/mol. The summed E-state index contributed by atoms with van der Waals surface area (Å²) in [6.45, 7) is 1.82. The number of aromatic amines is 2. The maximum Gasteiger partial charge on any atom is 0.252 e. The lowest BCUT2D eigenvalue weighted by molar-refractivity contribution is 1.23. The molecule has 0 bridgehead atoms. The Labute approximate surface area is 97.3 Å². The van der Waals surface area contributed by atoms with Crippen LogP contribution in [0.3, 0.4) is 0 Å². The van der Waals surface area contributed by atoms with Crippen LogP contribution in [0, 0.1) is 6.92 Å². The van der Waals surface area contributed by atoms with Gasteiger partial charge in [-0.3, -0.25) is 4.79 Å². The highest BCUT2D eigenvalue weighted by atomic mass is 16.1. The van der Waals surface area contributed by atoms with E-state index >= 15 is 0 Å². The lowest BCUT2D eigenvalue weighted by Gasteiger charge is -2.07. The molecule has 3 aromatic rings. The second kappa shape index (κ2) is 3.59. The molecule has 2 N–H and O–H groups in total. The van der Waals surface area contributed by atoms with E-state index in [1.54, 1.807) is 12.5 Å². The lowest BCUT2D eigenvalue weighted by atomic mass is 10.0. The van der Waals surface area contributed by atoms with E-state index in [4.69, 9.17) is 0 Å². The first kappa shape index (κ1) is 9.84. The fourth-order valence-electron chi connectivity index (χ4n) is 2.08. The molecule has 0 fully saturated rings. The van der Waals surface area contributed by atoms with Crippen LogP contribution in [0.15, 0.2) is 41.6 Å². The Kier molecular flexibility index (Phi) is 2.08. The van der Waals surface area contributed by atoms with Crippen molar-refractivity contribution in [3.63, 3.8) is 0 Å². The average Bonchev–Trinajstić information content (AvgIpc) is 2.84. The van der Waals surface area contributed by atoms with Gasteiger partial charge in [0, 0.05) is 22.0 Å². The van der Waals surface area contributed by atoms with Crippen LogP contribution in [-0.4, -0.2) is 15.0 Å². The number of aromatic nitrogens is 3. The summed E-state index contributed by atoms with van der Waals surface area (Å²) in [4.78, 5) is 21.8. The standard InChI is InChI=1S/C13H11N3O/c1-8-12(11-6-14-7-15-11)9-4-2-3-5-10(9)16-13(8)17/h2-7H,1H3,(H,14,15)(H,16,17). The zero-order valence-corrected chi connectivity index (χ0v) is 9.32. The van der Waals surface area contributed by atoms with E-state index in [0.29, 0.717) is 5.56 Å². The normalized spacial score (nSPS) is 10.9. The van der Waals surface area contributed by atoms with Crippen LogP contribution >= 0.6 is 0 Å². The molecule has 0 amide bonds. The van der Waals surface area contributed by atoms with Crippen molar-refractivity contribution < 1.29 is 0 Å². The quantitative estimate of drug-likeness (QED) is 0.667. The third kappa shape index (κ3) is 1.45. The van der Waals surface area contributed by atoms with Gasteiger partial charge in [-0.15, -0.1) is 0 Å². The first-order valence-corrected chi connectivity index (χ1v) is 5.38. The van der Waals surface area contributed by atoms with Gasteiger partial charge in [-0.05, 0) is 13.0 Å². The van der Waals surface area contributed by atoms with Crippen molar-refractivity contribution in [2.24, 2.45) is 0 Å². The summed E-state index contributed by atoms with van der Waals surface area (Å²) >= 11 is 0. The van der Waals surface area contributed by atoms with Crippen LogP contribution in [0.25, 0.3) is 22.2 Å². The van der Waals surface area contributed by atoms with Crippen molar-refractivity contribution in [3.8, 4) is 11.3 Å². The van der Waals surface area contributed by atoms with E-state index in [-0.39, 0.29) is 5.56 Å². The van der Waals surface area contributed by atoms with E-state index in [0.717, 1.165) is 22.2 Å². The molecule has 2 heterocycles. The molecule has 1 aromatic carbocycles. The number of rotatable bonds is 1. The number of pyridine rings is 1. The van der Waals surface area contributed by atoms with Crippen molar-refractivity contribution in [2.75, 3.05) is 0 Å². The Hall–Kier alpha value is -2.36. The molecule has 0 atom stereocenters. The highest BCUT2D eigenvalue weighted by molar-refractivity contribution is 5.94. The fourth-order valence-corrected chi connectivity index (χ4v) is 2.08. The van der Waals surface area contributed by atoms with Crippen molar-refractivity contribution in [1.82, 2.24) is 15.0 Å². The predicted octanol–water partition coefficient (Wildman–Crippen LogP) is 2.23. The molecule has 0 aliphatic carbocycles. The van der Waals surface area contributed by atoms with E-state index in [2.05, 4.69) is 15.0 Å². The summed E-state index contributed by atoms with van der Waals surface area (Å²) in [7, 11) is 0. The van der Waals surface area contributed by atoms with Gasteiger partial charge in [0.1, 0.15) is 0 Å². The molecule has 4 nitrogen and oxygen atoms in total. The minimum atomic E-state index is -0.0618. The number of para-hydroxylation sites is 1. The van der Waals surface area contributed by atoms with Gasteiger partial charge < -0.3 is 9.97 Å². The number of hydrogen-bond donors (Lipinski definition) is 2. The summed E-state index contributed by atoms with van der Waals surface area (Å²) < 4.78 is 0. The topological polar surface area (TPSA) is 61.5 Å². The van der Waals surface area contributed by atoms with E-state index < -0.39 is 0 Å². The van der Waals surface area contributed by atoms with Crippen molar-refractivity contribution in [3.05, 3.63) is 52.7 Å². The fraction of sp³-hybridized carbons (Fsp3) is 0.0769. The molecule has 17 heavy (non-hydrogen) atoms. The Morgan fingerprint density at radius 1 is 1.24 bits per heavy atom. The second-order valence-corrected chi connectivity index (χ2v) is 3.96. The third-order valence-electron chi connectivity index (χ3n) is 2.93. The average molecular weight is 225 g/mol. The molecular weight excluding hydrogens is 214 g/mol. The van der Waals surface area contributed by atoms with Crippen LogP contribution in [0.5, 0.6) is 0 Å². The molecule has 0 unspecified atom stereocenters. The summed E-state index contributed by atoms with van der Waals surface area (Å²) in [6, 6.07) is 7.76. The number of benzene rings is 1. The number of H-pyrrole nitrogens is 2. The molecule has 0 spiro atoms.